The first kappa shape index (κ1) is 22.1. The Bertz CT molecular complexity index is 1190. The van der Waals surface area contributed by atoms with Gasteiger partial charge in [-0.15, -0.1) is 0 Å². The van der Waals surface area contributed by atoms with Crippen LogP contribution in [0.1, 0.15) is 18.9 Å². The van der Waals surface area contributed by atoms with Crippen LogP contribution in [0.15, 0.2) is 78.5 Å². The number of amides is 2. The van der Waals surface area contributed by atoms with E-state index in [1.165, 1.54) is 24.3 Å². The molecular formula is C26H23FN2O4. The maximum Gasteiger partial charge on any atom is 0.282 e. The molecule has 1 heterocycles. The number of carbonyl (C=O) groups is 2. The molecule has 2 amide bonds. The lowest BCUT2D eigenvalue weighted by Crippen LogP contribution is -2.32. The Morgan fingerprint density at radius 3 is 2.09 bits per heavy atom. The molecule has 33 heavy (non-hydrogen) atoms. The zero-order chi connectivity index (χ0) is 23.4. The van der Waals surface area contributed by atoms with E-state index in [1.807, 2.05) is 6.92 Å². The molecule has 3 aromatic rings. The molecule has 1 aliphatic rings. The van der Waals surface area contributed by atoms with Crippen molar-refractivity contribution in [3.05, 3.63) is 89.9 Å². The van der Waals surface area contributed by atoms with Gasteiger partial charge in [-0.2, -0.15) is 0 Å². The predicted octanol–water partition coefficient (Wildman–Crippen LogP) is 5.02. The first-order valence-electron chi connectivity index (χ1n) is 10.5. The number of methoxy groups -OCH3 is 1. The maximum atomic E-state index is 13.4. The highest BCUT2D eigenvalue weighted by molar-refractivity contribution is 6.46. The molecule has 1 N–H and O–H groups in total. The monoisotopic (exact) mass is 446 g/mol. The summed E-state index contributed by atoms with van der Waals surface area (Å²) in [5, 5.41) is 3.09. The van der Waals surface area contributed by atoms with Crippen LogP contribution in [0.5, 0.6) is 11.5 Å². The Balaban J connectivity index is 1.74. The molecule has 0 unspecified atom stereocenters. The number of hydrogen-bond donors (Lipinski definition) is 1. The van der Waals surface area contributed by atoms with Gasteiger partial charge in [0.05, 0.1) is 25.0 Å². The van der Waals surface area contributed by atoms with Crippen LogP contribution in [0.2, 0.25) is 0 Å². The van der Waals surface area contributed by atoms with Crippen LogP contribution in [-0.2, 0) is 9.59 Å². The number of ether oxygens (including phenoxy) is 2. The molecule has 4 rings (SSSR count). The summed E-state index contributed by atoms with van der Waals surface area (Å²) in [6.07, 6.45) is 0.877. The Labute approximate surface area is 191 Å². The van der Waals surface area contributed by atoms with Crippen molar-refractivity contribution in [3.8, 4) is 11.5 Å². The molecule has 0 fully saturated rings. The SMILES string of the molecule is CCCOc1ccc(C2=C(Nc3ccc(OC)cc3)C(=O)N(c3ccc(F)cc3)C2=O)cc1. The quantitative estimate of drug-likeness (QED) is 0.492. The first-order valence-corrected chi connectivity index (χ1v) is 10.5. The minimum absolute atomic E-state index is 0.136. The average molecular weight is 446 g/mol. The number of hydrogen-bond acceptors (Lipinski definition) is 5. The molecule has 3 aromatic carbocycles. The molecule has 6 nitrogen and oxygen atoms in total. The van der Waals surface area contributed by atoms with Gasteiger partial charge in [-0.1, -0.05) is 19.1 Å². The van der Waals surface area contributed by atoms with Gasteiger partial charge in [0.25, 0.3) is 11.8 Å². The number of imide groups is 1. The van der Waals surface area contributed by atoms with Crippen molar-refractivity contribution < 1.29 is 23.5 Å². The lowest BCUT2D eigenvalue weighted by molar-refractivity contribution is -0.120. The third kappa shape index (κ3) is 4.57. The predicted molar refractivity (Wildman–Crippen MR) is 125 cm³/mol. The van der Waals surface area contributed by atoms with Crippen LogP contribution >= 0.6 is 0 Å². The number of rotatable bonds is 8. The summed E-state index contributed by atoms with van der Waals surface area (Å²) in [4.78, 5) is 27.8. The molecule has 0 bridgehead atoms. The van der Waals surface area contributed by atoms with Gasteiger partial charge in [-0.05, 0) is 72.6 Å². The van der Waals surface area contributed by atoms with Gasteiger partial charge < -0.3 is 14.8 Å². The highest BCUT2D eigenvalue weighted by Gasteiger charge is 2.40. The van der Waals surface area contributed by atoms with Gasteiger partial charge in [0.2, 0.25) is 0 Å². The first-order chi connectivity index (χ1) is 16.0. The van der Waals surface area contributed by atoms with Gasteiger partial charge in [-0.25, -0.2) is 9.29 Å². The fourth-order valence-corrected chi connectivity index (χ4v) is 3.49. The summed E-state index contributed by atoms with van der Waals surface area (Å²) < 4.78 is 24.2. The van der Waals surface area contributed by atoms with E-state index in [0.29, 0.717) is 35.0 Å². The second kappa shape index (κ2) is 9.56. The van der Waals surface area contributed by atoms with Crippen molar-refractivity contribution >= 4 is 28.8 Å². The number of halogens is 1. The van der Waals surface area contributed by atoms with Crippen molar-refractivity contribution in [2.75, 3.05) is 23.9 Å². The summed E-state index contributed by atoms with van der Waals surface area (Å²) >= 11 is 0. The molecule has 0 spiro atoms. The lowest BCUT2D eigenvalue weighted by atomic mass is 10.0. The second-order valence-electron chi connectivity index (χ2n) is 7.40. The summed E-state index contributed by atoms with van der Waals surface area (Å²) in [5.74, 6) is -0.129. The Kier molecular flexibility index (Phi) is 6.40. The highest BCUT2D eigenvalue weighted by atomic mass is 19.1. The Morgan fingerprint density at radius 1 is 0.848 bits per heavy atom. The van der Waals surface area contributed by atoms with Crippen molar-refractivity contribution in [1.29, 1.82) is 0 Å². The lowest BCUT2D eigenvalue weighted by Gasteiger charge is -2.15. The zero-order valence-electron chi connectivity index (χ0n) is 18.3. The molecular weight excluding hydrogens is 423 g/mol. The molecule has 168 valence electrons. The molecule has 0 atom stereocenters. The zero-order valence-corrected chi connectivity index (χ0v) is 18.3. The van der Waals surface area contributed by atoms with Crippen LogP contribution < -0.4 is 19.7 Å². The normalized spacial score (nSPS) is 13.5. The van der Waals surface area contributed by atoms with E-state index in [2.05, 4.69) is 5.32 Å². The van der Waals surface area contributed by atoms with Crippen molar-refractivity contribution in [1.82, 2.24) is 0 Å². The number of nitrogens with zero attached hydrogens (tertiary/aromatic N) is 1. The maximum absolute atomic E-state index is 13.4. The summed E-state index contributed by atoms with van der Waals surface area (Å²) in [6, 6.07) is 19.3. The largest absolute Gasteiger partial charge is 0.497 e. The molecule has 0 saturated carbocycles. The van der Waals surface area contributed by atoms with Crippen LogP contribution in [0, 0.1) is 5.82 Å². The van der Waals surface area contributed by atoms with Crippen molar-refractivity contribution in [2.24, 2.45) is 0 Å². The van der Waals surface area contributed by atoms with Crippen LogP contribution in [0.4, 0.5) is 15.8 Å². The Morgan fingerprint density at radius 2 is 1.48 bits per heavy atom. The van der Waals surface area contributed by atoms with Gasteiger partial charge in [0.1, 0.15) is 23.0 Å². The van der Waals surface area contributed by atoms with Crippen LogP contribution in [-0.4, -0.2) is 25.5 Å². The van der Waals surface area contributed by atoms with Crippen LogP contribution in [0.3, 0.4) is 0 Å². The molecule has 0 saturated heterocycles. The van der Waals surface area contributed by atoms with E-state index in [4.69, 9.17) is 9.47 Å². The average Bonchev–Trinajstić information content (AvgIpc) is 3.08. The van der Waals surface area contributed by atoms with Gasteiger partial charge >= 0.3 is 0 Å². The van der Waals surface area contributed by atoms with E-state index in [9.17, 15) is 14.0 Å². The number of nitrogens with one attached hydrogen (secondary N) is 1. The van der Waals surface area contributed by atoms with E-state index < -0.39 is 17.6 Å². The fourth-order valence-electron chi connectivity index (χ4n) is 3.49. The van der Waals surface area contributed by atoms with E-state index in [1.54, 1.807) is 55.6 Å². The van der Waals surface area contributed by atoms with Crippen LogP contribution in [0.25, 0.3) is 5.57 Å². The second-order valence-corrected chi connectivity index (χ2v) is 7.40. The fraction of sp³-hybridized carbons (Fsp3) is 0.154. The van der Waals surface area contributed by atoms with Gasteiger partial charge in [0, 0.05) is 5.69 Å². The van der Waals surface area contributed by atoms with Gasteiger partial charge in [-0.3, -0.25) is 9.59 Å². The minimum Gasteiger partial charge on any atom is -0.497 e. The summed E-state index contributed by atoms with van der Waals surface area (Å²) in [7, 11) is 1.57. The summed E-state index contributed by atoms with van der Waals surface area (Å²) in [5.41, 5.74) is 1.84. The van der Waals surface area contributed by atoms with Crippen molar-refractivity contribution in [2.45, 2.75) is 13.3 Å². The third-order valence-electron chi connectivity index (χ3n) is 5.14. The molecule has 7 heteroatoms. The molecule has 0 radical (unpaired) electrons. The van der Waals surface area contributed by atoms with E-state index in [-0.39, 0.29) is 11.3 Å². The van der Waals surface area contributed by atoms with Gasteiger partial charge in [0.15, 0.2) is 0 Å². The smallest absolute Gasteiger partial charge is 0.282 e. The Hall–Kier alpha value is -4.13. The number of benzene rings is 3. The molecule has 0 aromatic heterocycles. The van der Waals surface area contributed by atoms with E-state index >= 15 is 0 Å². The molecule has 1 aliphatic heterocycles. The minimum atomic E-state index is -0.524. The number of carbonyl (C=O) groups excluding carboxylic acids is 2. The summed E-state index contributed by atoms with van der Waals surface area (Å²) in [6.45, 7) is 2.60. The van der Waals surface area contributed by atoms with Crippen molar-refractivity contribution in [3.63, 3.8) is 0 Å². The third-order valence-corrected chi connectivity index (χ3v) is 5.14. The molecule has 0 aliphatic carbocycles. The topological polar surface area (TPSA) is 67.9 Å². The van der Waals surface area contributed by atoms with E-state index in [0.717, 1.165) is 11.3 Å². The highest BCUT2D eigenvalue weighted by Crippen LogP contribution is 2.34. The standard InChI is InChI=1S/C26H23FN2O4/c1-3-16-33-22-12-4-17(5-13-22)23-24(28-19-8-14-21(32-2)15-9-19)26(31)29(25(23)30)20-10-6-18(27)7-11-20/h4-15,28H,3,16H2,1-2H3. The number of anilines is 2.